The van der Waals surface area contributed by atoms with Crippen molar-refractivity contribution in [2.75, 3.05) is 6.61 Å². The van der Waals surface area contributed by atoms with Crippen LogP contribution in [0.15, 0.2) is 48.6 Å². The van der Waals surface area contributed by atoms with Crippen LogP contribution in [0.5, 0.6) is 0 Å². The zero-order valence-corrected chi connectivity index (χ0v) is 31.3. The minimum absolute atomic E-state index is 0.190. The summed E-state index contributed by atoms with van der Waals surface area (Å²) in [6.07, 6.45) is 55.1. The van der Waals surface area contributed by atoms with Gasteiger partial charge >= 0.3 is 0 Å². The highest BCUT2D eigenvalue weighted by Crippen LogP contribution is 2.44. The van der Waals surface area contributed by atoms with Crippen LogP contribution in [-0.4, -0.2) is 29.7 Å². The molecule has 3 atom stereocenters. The van der Waals surface area contributed by atoms with Crippen molar-refractivity contribution < 1.29 is 14.6 Å². The van der Waals surface area contributed by atoms with Crippen LogP contribution in [0.1, 0.15) is 200 Å². The van der Waals surface area contributed by atoms with E-state index in [9.17, 15) is 5.11 Å². The molecule has 0 amide bonds. The predicted octanol–water partition coefficient (Wildman–Crippen LogP) is 13.7. The largest absolute Gasteiger partial charge is 0.396 e. The lowest BCUT2D eigenvalue weighted by Crippen LogP contribution is -2.32. The Hall–Kier alpha value is -1.16. The van der Waals surface area contributed by atoms with E-state index < -0.39 is 0 Å². The van der Waals surface area contributed by atoms with E-state index in [4.69, 9.17) is 9.47 Å². The van der Waals surface area contributed by atoms with Crippen molar-refractivity contribution >= 4 is 0 Å². The molecule has 1 heterocycles. The summed E-state index contributed by atoms with van der Waals surface area (Å²) in [5.74, 6) is 0.0174. The molecule has 0 bridgehead atoms. The molecule has 2 rings (SSSR count). The molecule has 0 unspecified atom stereocenters. The fraction of sp³-hybridized carbons (Fsp3) is 0.818. The van der Waals surface area contributed by atoms with Gasteiger partial charge in [0.15, 0.2) is 5.79 Å². The van der Waals surface area contributed by atoms with Crippen molar-refractivity contribution in [3.05, 3.63) is 48.6 Å². The first-order chi connectivity index (χ1) is 23.2. The lowest BCUT2D eigenvalue weighted by Gasteiger charge is -2.29. The minimum Gasteiger partial charge on any atom is -0.396 e. The zero-order valence-electron chi connectivity index (χ0n) is 31.3. The second-order valence-electron chi connectivity index (χ2n) is 14.8. The Bertz CT molecular complexity index is 763. The maximum atomic E-state index is 9.75. The van der Waals surface area contributed by atoms with Gasteiger partial charge in [0, 0.05) is 19.4 Å². The first-order valence-corrected chi connectivity index (χ1v) is 20.8. The monoisotopic (exact) mass is 655 g/mol. The molecule has 0 aromatic rings. The molecule has 3 heteroatoms. The van der Waals surface area contributed by atoms with Crippen LogP contribution in [0.4, 0.5) is 0 Å². The third-order valence-corrected chi connectivity index (χ3v) is 10.3. The number of aliphatic hydroxyl groups is 1. The molecule has 2 aliphatic rings. The van der Waals surface area contributed by atoms with E-state index >= 15 is 0 Å². The Morgan fingerprint density at radius 1 is 0.489 bits per heavy atom. The molecule has 2 fully saturated rings. The van der Waals surface area contributed by atoms with Gasteiger partial charge in [-0.2, -0.15) is 0 Å². The second kappa shape index (κ2) is 29.7. The second-order valence-corrected chi connectivity index (χ2v) is 14.8. The van der Waals surface area contributed by atoms with Gasteiger partial charge < -0.3 is 14.6 Å². The predicted molar refractivity (Wildman–Crippen MR) is 205 cm³/mol. The first kappa shape index (κ1) is 42.0. The fourth-order valence-corrected chi connectivity index (χ4v) is 7.31. The molecular formula is C44H78O3. The normalized spacial score (nSPS) is 21.3. The van der Waals surface area contributed by atoms with Crippen LogP contribution in [0.3, 0.4) is 0 Å². The van der Waals surface area contributed by atoms with Crippen molar-refractivity contribution in [1.82, 2.24) is 0 Å². The molecular weight excluding hydrogens is 576 g/mol. The summed E-state index contributed by atoms with van der Waals surface area (Å²) in [6, 6.07) is 0. The molecule has 1 saturated heterocycles. The Kier molecular flexibility index (Phi) is 26.6. The highest BCUT2D eigenvalue weighted by molar-refractivity contribution is 4.94. The summed E-state index contributed by atoms with van der Waals surface area (Å²) in [5.41, 5.74) is 0. The lowest BCUT2D eigenvalue weighted by atomic mass is 9.86. The number of rotatable bonds is 31. The first-order valence-electron chi connectivity index (χ1n) is 20.8. The molecule has 0 aromatic carbocycles. The van der Waals surface area contributed by atoms with Crippen molar-refractivity contribution in [3.63, 3.8) is 0 Å². The average molecular weight is 655 g/mol. The molecule has 47 heavy (non-hydrogen) atoms. The summed E-state index contributed by atoms with van der Waals surface area (Å²) in [4.78, 5) is 0. The Morgan fingerprint density at radius 2 is 0.894 bits per heavy atom. The maximum Gasteiger partial charge on any atom is 0.169 e. The highest BCUT2D eigenvalue weighted by Gasteiger charge is 2.48. The quantitative estimate of drug-likeness (QED) is 0.0597. The van der Waals surface area contributed by atoms with E-state index in [0.29, 0.717) is 5.92 Å². The van der Waals surface area contributed by atoms with Crippen LogP contribution in [0, 0.1) is 5.92 Å². The van der Waals surface area contributed by atoms with Crippen molar-refractivity contribution in [3.8, 4) is 0 Å². The van der Waals surface area contributed by atoms with Gasteiger partial charge in [-0.1, -0.05) is 140 Å². The van der Waals surface area contributed by atoms with Gasteiger partial charge in [-0.05, 0) is 102 Å². The summed E-state index contributed by atoms with van der Waals surface area (Å²) in [5, 5.41) is 9.75. The molecule has 272 valence electrons. The van der Waals surface area contributed by atoms with E-state index in [1.165, 1.54) is 141 Å². The van der Waals surface area contributed by atoms with Gasteiger partial charge in [0.05, 0.1) is 12.2 Å². The van der Waals surface area contributed by atoms with Crippen LogP contribution < -0.4 is 0 Å². The van der Waals surface area contributed by atoms with Gasteiger partial charge in [-0.3, -0.25) is 0 Å². The molecule has 1 aliphatic heterocycles. The van der Waals surface area contributed by atoms with Gasteiger partial charge in [-0.15, -0.1) is 0 Å². The highest BCUT2D eigenvalue weighted by atomic mass is 16.8. The average Bonchev–Trinajstić information content (AvgIpc) is 3.45. The van der Waals surface area contributed by atoms with Gasteiger partial charge in [0.1, 0.15) is 0 Å². The molecule has 3 nitrogen and oxygen atoms in total. The summed E-state index contributed by atoms with van der Waals surface area (Å²) < 4.78 is 13.5. The Morgan fingerprint density at radius 3 is 1.34 bits per heavy atom. The topological polar surface area (TPSA) is 38.7 Å². The molecule has 1 N–H and O–H groups in total. The number of aliphatic hydroxyl groups excluding tert-OH is 1. The Labute approximate surface area is 293 Å². The standard InChI is InChI=1S/C44H78O3/c1-3-5-7-9-11-13-15-17-19-21-23-25-27-29-31-33-37-44(46-42-36-35-41(40-45)39-43(42)47-44)38-34-32-30-28-26-24-22-20-18-16-14-12-10-8-6-4-2/h11-14,17-20,41-43,45H,3-10,15-16,21-40H2,1-2H3/b13-11-,14-12-,19-17-,20-18-/t41-,42-,43-/m1/s1. The van der Waals surface area contributed by atoms with Gasteiger partial charge in [0.25, 0.3) is 0 Å². The maximum absolute atomic E-state index is 9.75. The van der Waals surface area contributed by atoms with E-state index in [1.807, 2.05) is 0 Å². The Balaban J connectivity index is 1.56. The van der Waals surface area contributed by atoms with Crippen LogP contribution in [-0.2, 0) is 9.47 Å². The zero-order chi connectivity index (χ0) is 33.5. The number of allylic oxidation sites excluding steroid dienone is 8. The third-order valence-electron chi connectivity index (χ3n) is 10.3. The van der Waals surface area contributed by atoms with E-state index in [2.05, 4.69) is 62.5 Å². The van der Waals surface area contributed by atoms with Crippen molar-refractivity contribution in [2.24, 2.45) is 5.92 Å². The van der Waals surface area contributed by atoms with Crippen molar-refractivity contribution in [2.45, 2.75) is 218 Å². The van der Waals surface area contributed by atoms with Crippen LogP contribution in [0.25, 0.3) is 0 Å². The molecule has 0 spiro atoms. The summed E-state index contributed by atoms with van der Waals surface area (Å²) in [6.45, 7) is 4.82. The van der Waals surface area contributed by atoms with Gasteiger partial charge in [0.2, 0.25) is 0 Å². The molecule has 1 aliphatic carbocycles. The number of unbranched alkanes of at least 4 members (excludes halogenated alkanes) is 18. The number of ether oxygens (including phenoxy) is 2. The third kappa shape index (κ3) is 21.5. The molecule has 0 aromatic heterocycles. The van der Waals surface area contributed by atoms with Gasteiger partial charge in [-0.25, -0.2) is 0 Å². The van der Waals surface area contributed by atoms with Crippen LogP contribution in [0.2, 0.25) is 0 Å². The minimum atomic E-state index is -0.371. The van der Waals surface area contributed by atoms with E-state index in [0.717, 1.165) is 44.9 Å². The molecule has 0 radical (unpaired) electrons. The van der Waals surface area contributed by atoms with Crippen molar-refractivity contribution in [1.29, 1.82) is 0 Å². The van der Waals surface area contributed by atoms with Crippen LogP contribution >= 0.6 is 0 Å². The van der Waals surface area contributed by atoms with E-state index in [-0.39, 0.29) is 24.6 Å². The fourth-order valence-electron chi connectivity index (χ4n) is 7.31. The lowest BCUT2D eigenvalue weighted by molar-refractivity contribution is -0.186. The summed E-state index contributed by atoms with van der Waals surface area (Å²) >= 11 is 0. The number of fused-ring (bicyclic) bond motifs is 1. The SMILES string of the molecule is CCCCC/C=C\C/C=C\CCCCCCCCC1(CCCCCCCC/C=C\C/C=C\CCCCC)O[C@@H]2CC[C@@H](CO)C[C@H]2O1. The van der Waals surface area contributed by atoms with E-state index in [1.54, 1.807) is 0 Å². The number of hydrogen-bond donors (Lipinski definition) is 1. The summed E-state index contributed by atoms with van der Waals surface area (Å²) in [7, 11) is 0. The molecule has 1 saturated carbocycles. The number of hydrogen-bond acceptors (Lipinski definition) is 3. The smallest absolute Gasteiger partial charge is 0.169 e.